The maximum atomic E-state index is 11.8. The molecule has 0 aromatic carbocycles. The lowest BCUT2D eigenvalue weighted by Crippen LogP contribution is -2.36. The van der Waals surface area contributed by atoms with Gasteiger partial charge in [0.15, 0.2) is 0 Å². The van der Waals surface area contributed by atoms with Crippen LogP contribution < -0.4 is 0 Å². The fraction of sp³-hybridized carbons (Fsp3) is 0.417. The van der Waals surface area contributed by atoms with Crippen molar-refractivity contribution in [2.45, 2.75) is 19.4 Å². The summed E-state index contributed by atoms with van der Waals surface area (Å²) in [6.45, 7) is 0.953. The van der Waals surface area contributed by atoms with Gasteiger partial charge >= 0.3 is 5.97 Å². The zero-order valence-electron chi connectivity index (χ0n) is 10.3. The molecule has 0 unspecified atom stereocenters. The molecule has 5 nitrogen and oxygen atoms in total. The second-order valence-corrected chi connectivity index (χ2v) is 7.62. The van der Waals surface area contributed by atoms with Crippen molar-refractivity contribution in [3.8, 4) is 0 Å². The lowest BCUT2D eigenvalue weighted by atomic mass is 10.3. The van der Waals surface area contributed by atoms with Gasteiger partial charge in [0.05, 0.1) is 5.75 Å². The Bertz CT molecular complexity index is 589. The van der Waals surface area contributed by atoms with Gasteiger partial charge in [-0.3, -0.25) is 0 Å². The van der Waals surface area contributed by atoms with Gasteiger partial charge in [-0.15, -0.1) is 11.3 Å². The quantitative estimate of drug-likeness (QED) is 0.860. The molecule has 7 heteroatoms. The van der Waals surface area contributed by atoms with Gasteiger partial charge < -0.3 is 5.11 Å². The summed E-state index contributed by atoms with van der Waals surface area (Å²) in [5.74, 6) is -0.766. The summed E-state index contributed by atoms with van der Waals surface area (Å²) >= 11 is 1.41. The largest absolute Gasteiger partial charge is 0.478 e. The highest BCUT2D eigenvalue weighted by Gasteiger charge is 2.25. The number of nitrogens with zero attached hydrogens (tertiary/aromatic N) is 1. The maximum absolute atomic E-state index is 11.8. The first-order chi connectivity index (χ1) is 8.97. The van der Waals surface area contributed by atoms with Crippen molar-refractivity contribution in [2.24, 2.45) is 0 Å². The van der Waals surface area contributed by atoms with Crippen LogP contribution in [0.1, 0.15) is 22.6 Å². The first-order valence-corrected chi connectivity index (χ1v) is 8.37. The minimum Gasteiger partial charge on any atom is -0.478 e. The van der Waals surface area contributed by atoms with Gasteiger partial charge in [-0.1, -0.05) is 0 Å². The normalized spacial score (nSPS) is 19.8. The number of hydrogen-bond acceptors (Lipinski definition) is 4. The highest BCUT2D eigenvalue weighted by molar-refractivity contribution is 7.89. The molecule has 2 rings (SSSR count). The Balaban J connectivity index is 2.05. The topological polar surface area (TPSA) is 74.7 Å². The van der Waals surface area contributed by atoms with E-state index in [1.165, 1.54) is 21.7 Å². The Morgan fingerprint density at radius 2 is 2.21 bits per heavy atom. The van der Waals surface area contributed by atoms with Crippen LogP contribution in [0.5, 0.6) is 0 Å². The van der Waals surface area contributed by atoms with E-state index in [0.717, 1.165) is 28.7 Å². The van der Waals surface area contributed by atoms with Crippen molar-refractivity contribution in [1.29, 1.82) is 0 Å². The molecule has 0 aliphatic carbocycles. The number of carboxylic acids is 1. The molecule has 2 heterocycles. The highest BCUT2D eigenvalue weighted by atomic mass is 32.2. The van der Waals surface area contributed by atoms with Crippen molar-refractivity contribution < 1.29 is 18.3 Å². The number of aliphatic carboxylic acids is 1. The van der Waals surface area contributed by atoms with E-state index in [2.05, 4.69) is 0 Å². The van der Waals surface area contributed by atoms with E-state index in [-0.39, 0.29) is 5.75 Å². The molecule has 0 amide bonds. The summed E-state index contributed by atoms with van der Waals surface area (Å²) in [6, 6.07) is 3.65. The smallest absolute Gasteiger partial charge is 0.328 e. The molecule has 1 fully saturated rings. The highest BCUT2D eigenvalue weighted by Crippen LogP contribution is 2.23. The van der Waals surface area contributed by atoms with E-state index in [4.69, 9.17) is 5.11 Å². The fourth-order valence-corrected chi connectivity index (χ4v) is 4.50. The van der Waals surface area contributed by atoms with Crippen LogP contribution in [0.25, 0.3) is 6.08 Å². The molecule has 1 aromatic rings. The number of carboxylic acid groups (broad SMARTS) is 1. The molecule has 1 aromatic heterocycles. The molecule has 1 aliphatic rings. The van der Waals surface area contributed by atoms with Gasteiger partial charge in [-0.2, -0.15) is 4.31 Å². The lowest BCUT2D eigenvalue weighted by Gasteiger charge is -2.25. The van der Waals surface area contributed by atoms with E-state index in [0.29, 0.717) is 13.1 Å². The Kier molecular flexibility index (Phi) is 4.38. The molecule has 19 heavy (non-hydrogen) atoms. The van der Waals surface area contributed by atoms with Crippen LogP contribution in [-0.4, -0.2) is 36.1 Å². The van der Waals surface area contributed by atoms with Crippen LogP contribution in [0, 0.1) is 0 Å². The van der Waals surface area contributed by atoms with Gasteiger partial charge in [0.25, 0.3) is 0 Å². The van der Waals surface area contributed by atoms with Crippen LogP contribution in [0.3, 0.4) is 0 Å². The number of sulfonamides is 1. The molecular weight excluding hydrogens is 286 g/mol. The summed E-state index contributed by atoms with van der Waals surface area (Å²) in [5, 5.41) is 8.54. The summed E-state index contributed by atoms with van der Waals surface area (Å²) in [7, 11) is -3.11. The van der Waals surface area contributed by atoms with Crippen LogP contribution >= 0.6 is 11.3 Å². The van der Waals surface area contributed by atoms with Gasteiger partial charge in [-0.25, -0.2) is 13.2 Å². The van der Waals surface area contributed by atoms with Crippen LogP contribution in [-0.2, 0) is 21.4 Å². The van der Waals surface area contributed by atoms with E-state index in [9.17, 15) is 13.2 Å². The molecule has 1 aliphatic heterocycles. The van der Waals surface area contributed by atoms with Crippen LogP contribution in [0.4, 0.5) is 0 Å². The van der Waals surface area contributed by atoms with Crippen molar-refractivity contribution in [3.05, 3.63) is 28.0 Å². The molecule has 0 saturated carbocycles. The summed E-state index contributed by atoms with van der Waals surface area (Å²) in [5.41, 5.74) is 0. The van der Waals surface area contributed by atoms with Gasteiger partial charge in [0.2, 0.25) is 10.0 Å². The molecule has 1 saturated heterocycles. The minimum atomic E-state index is -3.11. The fourth-order valence-electron chi connectivity index (χ4n) is 1.91. The average molecular weight is 301 g/mol. The van der Waals surface area contributed by atoms with Gasteiger partial charge in [0.1, 0.15) is 0 Å². The number of carbonyl (C=O) groups is 1. The van der Waals surface area contributed by atoms with Crippen LogP contribution in [0.15, 0.2) is 18.2 Å². The Morgan fingerprint density at radius 1 is 1.42 bits per heavy atom. The van der Waals surface area contributed by atoms with Gasteiger partial charge in [-0.05, 0) is 31.1 Å². The van der Waals surface area contributed by atoms with Crippen molar-refractivity contribution >= 4 is 33.4 Å². The van der Waals surface area contributed by atoms with E-state index >= 15 is 0 Å². The second kappa shape index (κ2) is 5.85. The minimum absolute atomic E-state index is 0.226. The molecule has 104 valence electrons. The zero-order valence-corrected chi connectivity index (χ0v) is 11.9. The van der Waals surface area contributed by atoms with E-state index < -0.39 is 16.0 Å². The average Bonchev–Trinajstić information content (AvgIpc) is 2.77. The summed E-state index contributed by atoms with van der Waals surface area (Å²) < 4.78 is 25.2. The van der Waals surface area contributed by atoms with Crippen molar-refractivity contribution in [2.75, 3.05) is 12.3 Å². The van der Waals surface area contributed by atoms with Crippen molar-refractivity contribution in [1.82, 2.24) is 4.31 Å². The molecule has 0 radical (unpaired) electrons. The molecule has 1 N–H and O–H groups in total. The second-order valence-electron chi connectivity index (χ2n) is 4.33. The first kappa shape index (κ1) is 14.2. The Morgan fingerprint density at radius 3 is 2.89 bits per heavy atom. The molecule has 0 atom stereocenters. The predicted octanol–water partition coefficient (Wildman–Crippen LogP) is 1.77. The standard InChI is InChI=1S/C12H15NO4S2/c14-12(15)6-5-10-3-4-11(18-10)9-13-7-1-2-8-19(13,16)17/h3-6H,1-2,7-9H2,(H,14,15)/b6-5+. The predicted molar refractivity (Wildman–Crippen MR) is 74.4 cm³/mol. The Labute approximate surface area is 116 Å². The molecule has 0 spiro atoms. The third kappa shape index (κ3) is 3.89. The monoisotopic (exact) mass is 301 g/mol. The molecular formula is C12H15NO4S2. The van der Waals surface area contributed by atoms with E-state index in [1.54, 1.807) is 6.07 Å². The Hall–Kier alpha value is -1.18. The third-order valence-corrected chi connectivity index (χ3v) is 5.80. The van der Waals surface area contributed by atoms with Gasteiger partial charge in [0, 0.05) is 28.9 Å². The lowest BCUT2D eigenvalue weighted by molar-refractivity contribution is -0.131. The number of rotatable bonds is 4. The van der Waals surface area contributed by atoms with Crippen LogP contribution in [0.2, 0.25) is 0 Å². The summed E-state index contributed by atoms with van der Waals surface area (Å²) in [6.07, 6.45) is 4.22. The first-order valence-electron chi connectivity index (χ1n) is 5.95. The summed E-state index contributed by atoms with van der Waals surface area (Å²) in [4.78, 5) is 12.1. The van der Waals surface area contributed by atoms with Crippen molar-refractivity contribution in [3.63, 3.8) is 0 Å². The molecule has 0 bridgehead atoms. The van der Waals surface area contributed by atoms with E-state index in [1.807, 2.05) is 6.07 Å². The maximum Gasteiger partial charge on any atom is 0.328 e. The zero-order chi connectivity index (χ0) is 13.9. The SMILES string of the molecule is O=C(O)/C=C/c1ccc(CN2CCCCS2(=O)=O)s1. The number of hydrogen-bond donors (Lipinski definition) is 1. The number of thiophene rings is 1. The third-order valence-electron chi connectivity index (χ3n) is 2.86.